The number of nitrogens with zero attached hydrogens (tertiary/aromatic N) is 2. The summed E-state index contributed by atoms with van der Waals surface area (Å²) in [4.78, 5) is 16.6. The van der Waals surface area contributed by atoms with Crippen molar-refractivity contribution in [2.24, 2.45) is 0 Å². The number of halogens is 2. The van der Waals surface area contributed by atoms with Gasteiger partial charge >= 0.3 is 5.97 Å². The van der Waals surface area contributed by atoms with Crippen molar-refractivity contribution in [3.05, 3.63) is 70.1 Å². The zero-order chi connectivity index (χ0) is 15.5. The quantitative estimate of drug-likeness (QED) is 0.462. The summed E-state index contributed by atoms with van der Waals surface area (Å²) in [5.74, 6) is -0.445. The fraction of sp³-hybridized carbons (Fsp3) is 0.125. The molecule has 0 fully saturated rings. The fourth-order valence-corrected chi connectivity index (χ4v) is 2.96. The number of benzene rings is 1. The Hall–Kier alpha value is -1.66. The van der Waals surface area contributed by atoms with E-state index in [9.17, 15) is 4.79 Å². The summed E-state index contributed by atoms with van der Waals surface area (Å²) < 4.78 is 7.74. The van der Waals surface area contributed by atoms with Gasteiger partial charge in [-0.15, -0.1) is 0 Å². The van der Waals surface area contributed by atoms with Crippen LogP contribution in [0.2, 0.25) is 0 Å². The Balaban J connectivity index is 1.83. The van der Waals surface area contributed by atoms with Crippen LogP contribution in [0.5, 0.6) is 0 Å². The highest BCUT2D eigenvalue weighted by Gasteiger charge is 2.18. The standard InChI is InChI=1S/C16H12Br2N2O2/c17-9-12-6-7-20-13(8-12)19-14(15(20)18)16(21)22-10-11-4-2-1-3-5-11/h1-8H,9-10H2. The molecule has 0 saturated heterocycles. The molecule has 112 valence electrons. The number of esters is 1. The van der Waals surface area contributed by atoms with Crippen LogP contribution < -0.4 is 0 Å². The highest BCUT2D eigenvalue weighted by atomic mass is 79.9. The SMILES string of the molecule is O=C(OCc1ccccc1)c1nc2cc(CBr)ccn2c1Br. The van der Waals surface area contributed by atoms with E-state index in [1.54, 1.807) is 0 Å². The molecule has 1 aromatic carbocycles. The maximum absolute atomic E-state index is 12.2. The molecule has 6 heteroatoms. The van der Waals surface area contributed by atoms with Gasteiger partial charge in [0.15, 0.2) is 5.69 Å². The summed E-state index contributed by atoms with van der Waals surface area (Å²) in [5.41, 5.74) is 3.02. The fourth-order valence-electron chi connectivity index (χ4n) is 2.06. The molecule has 3 aromatic rings. The molecule has 2 aromatic heterocycles. The second-order valence-electron chi connectivity index (χ2n) is 4.71. The Bertz CT molecular complexity index is 816. The second-order valence-corrected chi connectivity index (χ2v) is 6.02. The maximum atomic E-state index is 12.2. The average Bonchev–Trinajstić information content (AvgIpc) is 2.90. The van der Waals surface area contributed by atoms with Crippen LogP contribution in [0.1, 0.15) is 21.6 Å². The Morgan fingerprint density at radius 1 is 1.18 bits per heavy atom. The number of fused-ring (bicyclic) bond motifs is 1. The summed E-state index contributed by atoms with van der Waals surface area (Å²) in [6.45, 7) is 0.229. The molecule has 4 nitrogen and oxygen atoms in total. The lowest BCUT2D eigenvalue weighted by atomic mass is 10.2. The van der Waals surface area contributed by atoms with Crippen molar-refractivity contribution in [2.75, 3.05) is 0 Å². The third-order valence-electron chi connectivity index (χ3n) is 3.19. The van der Waals surface area contributed by atoms with Gasteiger partial charge in [-0.1, -0.05) is 46.3 Å². The number of alkyl halides is 1. The topological polar surface area (TPSA) is 43.6 Å². The van der Waals surface area contributed by atoms with E-state index >= 15 is 0 Å². The molecule has 0 amide bonds. The van der Waals surface area contributed by atoms with Gasteiger partial charge < -0.3 is 4.74 Å². The van der Waals surface area contributed by atoms with Gasteiger partial charge in [0.2, 0.25) is 0 Å². The smallest absolute Gasteiger partial charge is 0.360 e. The third-order valence-corrected chi connectivity index (χ3v) is 4.60. The van der Waals surface area contributed by atoms with Crippen LogP contribution >= 0.6 is 31.9 Å². The number of carbonyl (C=O) groups excluding carboxylic acids is 1. The average molecular weight is 424 g/mol. The molecule has 0 aliphatic heterocycles. The van der Waals surface area contributed by atoms with Crippen LogP contribution in [0.4, 0.5) is 0 Å². The monoisotopic (exact) mass is 422 g/mol. The van der Waals surface area contributed by atoms with Gasteiger partial charge in [-0.25, -0.2) is 9.78 Å². The van der Waals surface area contributed by atoms with Crippen LogP contribution in [0.25, 0.3) is 5.65 Å². The molecule has 3 rings (SSSR count). The predicted molar refractivity (Wildman–Crippen MR) is 91.1 cm³/mol. The minimum Gasteiger partial charge on any atom is -0.456 e. The lowest BCUT2D eigenvalue weighted by Gasteiger charge is -2.03. The lowest BCUT2D eigenvalue weighted by molar-refractivity contribution is 0.0465. The van der Waals surface area contributed by atoms with Gasteiger partial charge in [-0.2, -0.15) is 0 Å². The molecule has 22 heavy (non-hydrogen) atoms. The van der Waals surface area contributed by atoms with Gasteiger partial charge in [0.1, 0.15) is 16.9 Å². The molecule has 0 unspecified atom stereocenters. The molecule has 2 heterocycles. The van der Waals surface area contributed by atoms with E-state index in [0.29, 0.717) is 10.3 Å². The van der Waals surface area contributed by atoms with Crippen molar-refractivity contribution in [2.45, 2.75) is 11.9 Å². The van der Waals surface area contributed by atoms with Crippen LogP contribution in [0.3, 0.4) is 0 Å². The van der Waals surface area contributed by atoms with E-state index in [1.165, 1.54) is 0 Å². The molecule has 0 aliphatic rings. The van der Waals surface area contributed by atoms with Crippen molar-refractivity contribution in [1.82, 2.24) is 9.38 Å². The first-order chi connectivity index (χ1) is 10.7. The largest absolute Gasteiger partial charge is 0.456 e. The zero-order valence-electron chi connectivity index (χ0n) is 11.5. The first-order valence-corrected chi connectivity index (χ1v) is 8.54. The van der Waals surface area contributed by atoms with E-state index in [0.717, 1.165) is 16.5 Å². The highest BCUT2D eigenvalue weighted by molar-refractivity contribution is 9.10. The van der Waals surface area contributed by atoms with Crippen molar-refractivity contribution in [3.8, 4) is 0 Å². The van der Waals surface area contributed by atoms with Crippen molar-refractivity contribution in [3.63, 3.8) is 0 Å². The predicted octanol–water partition coefficient (Wildman–Crippen LogP) is 4.35. The second kappa shape index (κ2) is 6.62. The zero-order valence-corrected chi connectivity index (χ0v) is 14.7. The number of hydrogen-bond acceptors (Lipinski definition) is 3. The summed E-state index contributed by atoms with van der Waals surface area (Å²) in [6, 6.07) is 13.5. The van der Waals surface area contributed by atoms with Gasteiger partial charge in [0.05, 0.1) is 0 Å². The van der Waals surface area contributed by atoms with Gasteiger partial charge in [-0.05, 0) is 39.2 Å². The number of pyridine rings is 1. The number of aromatic nitrogens is 2. The summed E-state index contributed by atoms with van der Waals surface area (Å²) in [6.07, 6.45) is 1.87. The Kier molecular flexibility index (Phi) is 4.59. The Labute approximate surface area is 144 Å². The van der Waals surface area contributed by atoms with Crippen molar-refractivity contribution < 1.29 is 9.53 Å². The molecular weight excluding hydrogens is 412 g/mol. The van der Waals surface area contributed by atoms with E-state index in [1.807, 2.05) is 53.1 Å². The summed E-state index contributed by atoms with van der Waals surface area (Å²) in [5, 5.41) is 0.738. The first kappa shape index (κ1) is 15.2. The van der Waals surface area contributed by atoms with Crippen LogP contribution in [-0.4, -0.2) is 15.4 Å². The first-order valence-electron chi connectivity index (χ1n) is 6.62. The molecule has 0 spiro atoms. The lowest BCUT2D eigenvalue weighted by Crippen LogP contribution is -2.06. The van der Waals surface area contributed by atoms with Crippen molar-refractivity contribution >= 4 is 43.5 Å². The van der Waals surface area contributed by atoms with Gasteiger partial charge in [0.25, 0.3) is 0 Å². The van der Waals surface area contributed by atoms with Crippen LogP contribution in [0, 0.1) is 0 Å². The molecule has 0 radical (unpaired) electrons. The molecule has 0 bridgehead atoms. The maximum Gasteiger partial charge on any atom is 0.360 e. The summed E-state index contributed by atoms with van der Waals surface area (Å²) >= 11 is 6.82. The minimum absolute atomic E-state index is 0.229. The third kappa shape index (κ3) is 3.08. The van der Waals surface area contributed by atoms with Crippen molar-refractivity contribution in [1.29, 1.82) is 0 Å². The molecule has 0 aliphatic carbocycles. The summed E-state index contributed by atoms with van der Waals surface area (Å²) in [7, 11) is 0. The highest BCUT2D eigenvalue weighted by Crippen LogP contribution is 2.21. The number of imidazole rings is 1. The van der Waals surface area contributed by atoms with Gasteiger partial charge in [0, 0.05) is 11.5 Å². The van der Waals surface area contributed by atoms with E-state index in [2.05, 4.69) is 36.8 Å². The Morgan fingerprint density at radius 2 is 1.95 bits per heavy atom. The molecule has 0 saturated carbocycles. The molecular formula is C16H12Br2N2O2. The number of hydrogen-bond donors (Lipinski definition) is 0. The van der Waals surface area contributed by atoms with Gasteiger partial charge in [-0.3, -0.25) is 4.40 Å². The minimum atomic E-state index is -0.445. The van der Waals surface area contributed by atoms with E-state index in [4.69, 9.17) is 4.74 Å². The van der Waals surface area contributed by atoms with Crippen LogP contribution in [-0.2, 0) is 16.7 Å². The number of ether oxygens (including phenoxy) is 1. The molecule has 0 N–H and O–H groups in total. The number of rotatable bonds is 4. The van der Waals surface area contributed by atoms with E-state index < -0.39 is 5.97 Å². The number of carbonyl (C=O) groups is 1. The Morgan fingerprint density at radius 3 is 2.68 bits per heavy atom. The normalized spacial score (nSPS) is 10.8. The van der Waals surface area contributed by atoms with E-state index in [-0.39, 0.29) is 12.3 Å². The van der Waals surface area contributed by atoms with Crippen LogP contribution in [0.15, 0.2) is 53.3 Å². The molecule has 0 atom stereocenters.